The van der Waals surface area contributed by atoms with Gasteiger partial charge in [-0.2, -0.15) is 13.2 Å². The van der Waals surface area contributed by atoms with Crippen LogP contribution in [0.2, 0.25) is 0 Å². The van der Waals surface area contributed by atoms with Crippen LogP contribution in [-0.4, -0.2) is 23.9 Å². The normalized spacial score (nSPS) is 16.6. The van der Waals surface area contributed by atoms with Gasteiger partial charge in [0, 0.05) is 24.4 Å². The molecule has 0 fully saturated rings. The van der Waals surface area contributed by atoms with Gasteiger partial charge in [0.05, 0.1) is 11.1 Å². The first-order valence-corrected chi connectivity index (χ1v) is 9.33. The van der Waals surface area contributed by atoms with Crippen LogP contribution in [0.15, 0.2) is 42.0 Å². The highest BCUT2D eigenvalue weighted by Crippen LogP contribution is 2.42. The molecule has 0 bridgehead atoms. The van der Waals surface area contributed by atoms with Crippen LogP contribution in [0.1, 0.15) is 36.1 Å². The second kappa shape index (κ2) is 8.10. The van der Waals surface area contributed by atoms with Gasteiger partial charge in [-0.3, -0.25) is 0 Å². The molecule has 1 N–H and O–H groups in total. The minimum absolute atomic E-state index is 0.0275. The molecule has 0 spiro atoms. The largest absolute Gasteiger partial charge is 0.478 e. The van der Waals surface area contributed by atoms with Crippen molar-refractivity contribution in [1.82, 2.24) is 0 Å². The summed E-state index contributed by atoms with van der Waals surface area (Å²) in [4.78, 5) is 13.4. The molecule has 8 heteroatoms. The molecule has 1 aliphatic heterocycles. The number of rotatable bonds is 5. The van der Waals surface area contributed by atoms with Crippen molar-refractivity contribution in [3.63, 3.8) is 0 Å². The third kappa shape index (κ3) is 4.05. The summed E-state index contributed by atoms with van der Waals surface area (Å²) in [5.41, 5.74) is 0.877. The molecule has 0 amide bonds. The fourth-order valence-electron chi connectivity index (χ4n) is 3.57. The van der Waals surface area contributed by atoms with Crippen LogP contribution in [0.4, 0.5) is 23.2 Å². The maximum absolute atomic E-state index is 14.1. The number of allylic oxidation sites excluding steroid dienone is 1. The van der Waals surface area contributed by atoms with Crippen molar-refractivity contribution in [2.75, 3.05) is 11.5 Å². The number of nitrogens with zero attached hydrogens (tertiary/aromatic N) is 1. The lowest BCUT2D eigenvalue weighted by Gasteiger charge is -2.39. The number of aryl methyl sites for hydroxylation is 1. The molecule has 160 valence electrons. The van der Waals surface area contributed by atoms with E-state index in [1.54, 1.807) is 32.9 Å². The summed E-state index contributed by atoms with van der Waals surface area (Å²) in [5.74, 6) is -1.68. The number of fused-ring (bicyclic) bond motifs is 1. The number of aliphatic carboxylic acids is 1. The van der Waals surface area contributed by atoms with E-state index in [4.69, 9.17) is 4.74 Å². The highest BCUT2D eigenvalue weighted by molar-refractivity contribution is 6.01. The second-order valence-electron chi connectivity index (χ2n) is 7.09. The predicted octanol–water partition coefficient (Wildman–Crippen LogP) is 5.39. The molecule has 0 aromatic heterocycles. The molecule has 0 aliphatic carbocycles. The summed E-state index contributed by atoms with van der Waals surface area (Å²) >= 11 is 0. The zero-order valence-electron chi connectivity index (χ0n) is 16.7. The van der Waals surface area contributed by atoms with Crippen molar-refractivity contribution in [2.24, 2.45) is 0 Å². The topological polar surface area (TPSA) is 49.8 Å². The van der Waals surface area contributed by atoms with Gasteiger partial charge in [0.25, 0.3) is 0 Å². The maximum Gasteiger partial charge on any atom is 0.416 e. The van der Waals surface area contributed by atoms with Gasteiger partial charge >= 0.3 is 12.1 Å². The lowest BCUT2D eigenvalue weighted by Crippen LogP contribution is -2.44. The Morgan fingerprint density at radius 3 is 2.43 bits per heavy atom. The number of alkyl halides is 3. The number of anilines is 1. The quantitative estimate of drug-likeness (QED) is 0.655. The van der Waals surface area contributed by atoms with Gasteiger partial charge in [-0.15, -0.1) is 0 Å². The summed E-state index contributed by atoms with van der Waals surface area (Å²) in [6.07, 6.45) is -5.68. The van der Waals surface area contributed by atoms with Crippen LogP contribution < -0.4 is 4.90 Å². The van der Waals surface area contributed by atoms with E-state index in [1.165, 1.54) is 17.0 Å². The number of benzene rings is 2. The summed E-state index contributed by atoms with van der Waals surface area (Å²) in [6.45, 7) is 4.93. The van der Waals surface area contributed by atoms with Crippen LogP contribution >= 0.6 is 0 Å². The Labute approximate surface area is 171 Å². The highest BCUT2D eigenvalue weighted by atomic mass is 19.4. The molecular weight excluding hydrogens is 402 g/mol. The lowest BCUT2D eigenvalue weighted by molar-refractivity contribution is -0.138. The van der Waals surface area contributed by atoms with E-state index >= 15 is 0 Å². The molecule has 0 saturated carbocycles. The van der Waals surface area contributed by atoms with Crippen molar-refractivity contribution in [3.05, 3.63) is 70.0 Å². The van der Waals surface area contributed by atoms with Gasteiger partial charge in [-0.1, -0.05) is 18.2 Å². The molecule has 2 aromatic rings. The van der Waals surface area contributed by atoms with Gasteiger partial charge in [-0.05, 0) is 55.7 Å². The third-order valence-corrected chi connectivity index (χ3v) is 5.12. The first kappa shape index (κ1) is 21.8. The van der Waals surface area contributed by atoms with Crippen molar-refractivity contribution >= 4 is 17.2 Å². The van der Waals surface area contributed by atoms with Gasteiger partial charge in [-0.25, -0.2) is 9.18 Å². The number of carbonyl (C=O) groups is 1. The molecule has 1 unspecified atom stereocenters. The average Bonchev–Trinajstić information content (AvgIpc) is 2.66. The fourth-order valence-corrected chi connectivity index (χ4v) is 3.57. The van der Waals surface area contributed by atoms with E-state index in [1.807, 2.05) is 0 Å². The SMILES string of the molecule is CCOC1C(C(=O)O)=C(C)c2ccc(C(F)(F)F)cc2N1Cc1ccc(C)c(F)c1. The Bertz CT molecular complexity index is 1010. The molecule has 0 radical (unpaired) electrons. The third-order valence-electron chi connectivity index (χ3n) is 5.12. The monoisotopic (exact) mass is 423 g/mol. The Morgan fingerprint density at radius 2 is 1.87 bits per heavy atom. The number of halogens is 4. The molecule has 4 nitrogen and oxygen atoms in total. The molecule has 1 atom stereocenters. The van der Waals surface area contributed by atoms with Crippen LogP contribution in [0.25, 0.3) is 5.57 Å². The Hall–Kier alpha value is -2.87. The first-order valence-electron chi connectivity index (χ1n) is 9.33. The van der Waals surface area contributed by atoms with Crippen molar-refractivity contribution in [1.29, 1.82) is 0 Å². The van der Waals surface area contributed by atoms with E-state index in [-0.39, 0.29) is 24.4 Å². The molecule has 0 saturated heterocycles. The molecular formula is C22H21F4NO3. The highest BCUT2D eigenvalue weighted by Gasteiger charge is 2.38. The maximum atomic E-state index is 14.1. The minimum atomic E-state index is -4.57. The van der Waals surface area contributed by atoms with E-state index < -0.39 is 29.8 Å². The van der Waals surface area contributed by atoms with E-state index in [2.05, 4.69) is 0 Å². The second-order valence-corrected chi connectivity index (χ2v) is 7.09. The van der Waals surface area contributed by atoms with Crippen LogP contribution in [0.5, 0.6) is 0 Å². The van der Waals surface area contributed by atoms with Gasteiger partial charge in [0.2, 0.25) is 0 Å². The van der Waals surface area contributed by atoms with E-state index in [0.29, 0.717) is 22.3 Å². The number of carboxylic acids is 1. The smallest absolute Gasteiger partial charge is 0.416 e. The van der Waals surface area contributed by atoms with Gasteiger partial charge in [0.15, 0.2) is 6.23 Å². The van der Waals surface area contributed by atoms with Crippen molar-refractivity contribution in [2.45, 2.75) is 39.7 Å². The van der Waals surface area contributed by atoms with Crippen LogP contribution in [0, 0.1) is 12.7 Å². The van der Waals surface area contributed by atoms with Crippen molar-refractivity contribution < 1.29 is 32.2 Å². The average molecular weight is 423 g/mol. The lowest BCUT2D eigenvalue weighted by atomic mass is 9.91. The van der Waals surface area contributed by atoms with Gasteiger partial charge in [0.1, 0.15) is 5.82 Å². The molecule has 2 aromatic carbocycles. The van der Waals surface area contributed by atoms with Crippen molar-refractivity contribution in [3.8, 4) is 0 Å². The fraction of sp³-hybridized carbons (Fsp3) is 0.318. The van der Waals surface area contributed by atoms with Crippen LogP contribution in [-0.2, 0) is 22.3 Å². The van der Waals surface area contributed by atoms with E-state index in [0.717, 1.165) is 12.1 Å². The van der Waals surface area contributed by atoms with Crippen LogP contribution in [0.3, 0.4) is 0 Å². The molecule has 3 rings (SSSR count). The summed E-state index contributed by atoms with van der Waals surface area (Å²) < 4.78 is 59.8. The predicted molar refractivity (Wildman–Crippen MR) is 104 cm³/mol. The molecule has 30 heavy (non-hydrogen) atoms. The Morgan fingerprint density at radius 1 is 1.17 bits per heavy atom. The number of ether oxygens (including phenoxy) is 1. The Kier molecular flexibility index (Phi) is 5.90. The standard InChI is InChI=1S/C22H21F4NO3/c1-4-30-20-19(21(28)29)13(3)16-8-7-15(22(24,25)26)10-18(16)27(20)11-14-6-5-12(2)17(23)9-14/h5-10,20H,4,11H2,1-3H3,(H,28,29). The molecule has 1 aliphatic rings. The number of hydrogen-bond acceptors (Lipinski definition) is 3. The van der Waals surface area contributed by atoms with E-state index in [9.17, 15) is 27.5 Å². The number of hydrogen-bond donors (Lipinski definition) is 1. The summed E-state index contributed by atoms with van der Waals surface area (Å²) in [7, 11) is 0. The zero-order valence-corrected chi connectivity index (χ0v) is 16.7. The number of carboxylic acid groups (broad SMARTS) is 1. The zero-order chi connectivity index (χ0) is 22.2. The minimum Gasteiger partial charge on any atom is -0.478 e. The molecule has 1 heterocycles. The first-order chi connectivity index (χ1) is 14.0. The van der Waals surface area contributed by atoms with Gasteiger partial charge < -0.3 is 14.7 Å². The summed E-state index contributed by atoms with van der Waals surface area (Å²) in [5, 5.41) is 9.77. The Balaban J connectivity index is 2.20. The summed E-state index contributed by atoms with van der Waals surface area (Å²) in [6, 6.07) is 7.68.